The van der Waals surface area contributed by atoms with Crippen molar-refractivity contribution < 1.29 is 14.3 Å². The average Bonchev–Trinajstić information content (AvgIpc) is 3.35. The Labute approximate surface area is 166 Å². The highest BCUT2D eigenvalue weighted by molar-refractivity contribution is 5.72. The molecule has 1 saturated carbocycles. The molecule has 148 valence electrons. The number of aryl methyl sites for hydroxylation is 1. The topological polar surface area (TPSA) is 61.3 Å². The molecule has 0 unspecified atom stereocenters. The van der Waals surface area contributed by atoms with Crippen LogP contribution in [0.4, 0.5) is 0 Å². The van der Waals surface area contributed by atoms with Crippen LogP contribution in [0.1, 0.15) is 67.1 Å². The molecule has 2 aromatic rings. The van der Waals surface area contributed by atoms with E-state index in [0.29, 0.717) is 19.0 Å². The molecule has 0 saturated heterocycles. The summed E-state index contributed by atoms with van der Waals surface area (Å²) >= 11 is 0. The van der Waals surface area contributed by atoms with Gasteiger partial charge < -0.3 is 9.47 Å². The number of benzene rings is 1. The number of hydrogen-bond acceptors (Lipinski definition) is 5. The Kier molecular flexibility index (Phi) is 5.89. The first-order valence-corrected chi connectivity index (χ1v) is 10.5. The van der Waals surface area contributed by atoms with Crippen LogP contribution in [0.3, 0.4) is 0 Å². The smallest absolute Gasteiger partial charge is 0.317 e. The molecule has 1 aromatic heterocycles. The summed E-state index contributed by atoms with van der Waals surface area (Å²) in [5.74, 6) is -0.183. The van der Waals surface area contributed by atoms with Gasteiger partial charge >= 0.3 is 12.0 Å². The molecule has 0 spiro atoms. The Morgan fingerprint density at radius 3 is 2.54 bits per heavy atom. The van der Waals surface area contributed by atoms with Crippen molar-refractivity contribution in [1.82, 2.24) is 9.97 Å². The average molecular weight is 380 g/mol. The summed E-state index contributed by atoms with van der Waals surface area (Å²) in [6.07, 6.45) is 9.26. The van der Waals surface area contributed by atoms with E-state index in [1.807, 2.05) is 19.1 Å². The largest absolute Gasteiger partial charge is 0.466 e. The molecule has 2 aliphatic carbocycles. The lowest BCUT2D eigenvalue weighted by atomic mass is 10.0. The van der Waals surface area contributed by atoms with Gasteiger partial charge in [0.25, 0.3) is 0 Å². The zero-order valence-electron chi connectivity index (χ0n) is 16.6. The summed E-state index contributed by atoms with van der Waals surface area (Å²) in [4.78, 5) is 21.1. The van der Waals surface area contributed by atoms with Crippen molar-refractivity contribution in [2.45, 2.75) is 70.8 Å². The van der Waals surface area contributed by atoms with Crippen LogP contribution in [0, 0.1) is 0 Å². The minimum absolute atomic E-state index is 0.183. The third-order valence-corrected chi connectivity index (χ3v) is 5.62. The van der Waals surface area contributed by atoms with Crippen molar-refractivity contribution >= 4 is 5.97 Å². The molecule has 0 radical (unpaired) electrons. The maximum absolute atomic E-state index is 11.6. The van der Waals surface area contributed by atoms with Gasteiger partial charge in [-0.1, -0.05) is 24.3 Å². The summed E-state index contributed by atoms with van der Waals surface area (Å²) in [6.45, 7) is 2.24. The van der Waals surface area contributed by atoms with E-state index >= 15 is 0 Å². The molecule has 0 aliphatic heterocycles. The monoisotopic (exact) mass is 380 g/mol. The lowest BCUT2D eigenvalue weighted by Gasteiger charge is -2.14. The first-order chi connectivity index (χ1) is 13.7. The molecule has 0 N–H and O–H groups in total. The van der Waals surface area contributed by atoms with Crippen molar-refractivity contribution in [3.63, 3.8) is 0 Å². The van der Waals surface area contributed by atoms with Crippen LogP contribution in [0.25, 0.3) is 0 Å². The van der Waals surface area contributed by atoms with Gasteiger partial charge in [0.15, 0.2) is 0 Å². The fourth-order valence-corrected chi connectivity index (χ4v) is 4.19. The van der Waals surface area contributed by atoms with Crippen LogP contribution in [0.2, 0.25) is 0 Å². The highest BCUT2D eigenvalue weighted by Crippen LogP contribution is 2.28. The number of esters is 1. The molecule has 1 aromatic carbocycles. The highest BCUT2D eigenvalue weighted by Gasteiger charge is 2.23. The summed E-state index contributed by atoms with van der Waals surface area (Å²) in [5, 5.41) is 0. The van der Waals surface area contributed by atoms with Crippen LogP contribution < -0.4 is 4.74 Å². The number of ether oxygens (including phenoxy) is 2. The van der Waals surface area contributed by atoms with Gasteiger partial charge in [0.2, 0.25) is 0 Å². The Hall–Kier alpha value is -2.43. The Balaban J connectivity index is 1.49. The van der Waals surface area contributed by atoms with Crippen LogP contribution in [-0.2, 0) is 35.2 Å². The summed E-state index contributed by atoms with van der Waals surface area (Å²) in [7, 11) is 0. The summed E-state index contributed by atoms with van der Waals surface area (Å²) in [6, 6.07) is 8.72. The number of fused-ring (bicyclic) bond motifs is 1. The number of rotatable bonds is 7. The number of nitrogens with zero attached hydrogens (tertiary/aromatic N) is 2. The second-order valence-electron chi connectivity index (χ2n) is 7.73. The van der Waals surface area contributed by atoms with Gasteiger partial charge in [0.05, 0.1) is 24.4 Å². The fraction of sp³-hybridized carbons (Fsp3) is 0.522. The number of aromatic nitrogens is 2. The minimum atomic E-state index is -0.183. The van der Waals surface area contributed by atoms with Crippen molar-refractivity contribution in [3.05, 3.63) is 52.3 Å². The lowest BCUT2D eigenvalue weighted by Crippen LogP contribution is -2.15. The molecule has 1 heterocycles. The molecule has 0 atom stereocenters. The van der Waals surface area contributed by atoms with Crippen molar-refractivity contribution in [2.75, 3.05) is 6.61 Å². The van der Waals surface area contributed by atoms with E-state index in [2.05, 4.69) is 12.1 Å². The zero-order valence-corrected chi connectivity index (χ0v) is 16.6. The first kappa shape index (κ1) is 18.9. The van der Waals surface area contributed by atoms with Gasteiger partial charge in [-0.05, 0) is 68.6 Å². The zero-order chi connectivity index (χ0) is 19.3. The molecule has 5 nitrogen and oxygen atoms in total. The van der Waals surface area contributed by atoms with Crippen LogP contribution in [0.15, 0.2) is 24.3 Å². The lowest BCUT2D eigenvalue weighted by molar-refractivity contribution is -0.142. The van der Waals surface area contributed by atoms with Crippen LogP contribution >= 0.6 is 0 Å². The molecule has 0 bridgehead atoms. The number of carbonyl (C=O) groups is 1. The Morgan fingerprint density at radius 1 is 1.04 bits per heavy atom. The normalized spacial score (nSPS) is 16.2. The van der Waals surface area contributed by atoms with Gasteiger partial charge in [0.1, 0.15) is 6.10 Å². The fourth-order valence-electron chi connectivity index (χ4n) is 4.19. The second-order valence-corrected chi connectivity index (χ2v) is 7.73. The van der Waals surface area contributed by atoms with Gasteiger partial charge in [0, 0.05) is 6.42 Å². The van der Waals surface area contributed by atoms with Gasteiger partial charge in [-0.3, -0.25) is 4.79 Å². The van der Waals surface area contributed by atoms with E-state index in [4.69, 9.17) is 19.4 Å². The Morgan fingerprint density at radius 2 is 1.79 bits per heavy atom. The van der Waals surface area contributed by atoms with Crippen LogP contribution in [-0.4, -0.2) is 28.6 Å². The molecule has 28 heavy (non-hydrogen) atoms. The maximum atomic E-state index is 11.6. The second kappa shape index (κ2) is 8.72. The molecular formula is C23H28N2O3. The third kappa shape index (κ3) is 4.51. The van der Waals surface area contributed by atoms with Gasteiger partial charge in [-0.25, -0.2) is 0 Å². The molecule has 2 aliphatic rings. The standard InChI is InChI=1S/C23H28N2O3/c1-2-27-22(26)15-17-12-10-16(11-13-17)14-21-19-8-5-9-20(19)24-23(25-21)28-18-6-3-4-7-18/h10-13,18H,2-9,14-15H2,1H3. The molecular weight excluding hydrogens is 352 g/mol. The van der Waals surface area contributed by atoms with E-state index in [1.54, 1.807) is 0 Å². The highest BCUT2D eigenvalue weighted by atomic mass is 16.5. The molecule has 1 fully saturated rings. The van der Waals surface area contributed by atoms with Gasteiger partial charge in [-0.2, -0.15) is 9.97 Å². The van der Waals surface area contributed by atoms with E-state index < -0.39 is 0 Å². The number of carbonyl (C=O) groups excluding carboxylic acids is 1. The van der Waals surface area contributed by atoms with E-state index in [-0.39, 0.29) is 12.1 Å². The van der Waals surface area contributed by atoms with E-state index in [9.17, 15) is 4.79 Å². The quantitative estimate of drug-likeness (QED) is 0.680. The summed E-state index contributed by atoms with van der Waals surface area (Å²) in [5.41, 5.74) is 5.72. The van der Waals surface area contributed by atoms with Crippen molar-refractivity contribution in [1.29, 1.82) is 0 Å². The van der Waals surface area contributed by atoms with Crippen molar-refractivity contribution in [2.24, 2.45) is 0 Å². The SMILES string of the molecule is CCOC(=O)Cc1ccc(Cc2nc(OC3CCCC3)nc3c2CCC3)cc1. The molecule has 4 rings (SSSR count). The minimum Gasteiger partial charge on any atom is -0.466 e. The first-order valence-electron chi connectivity index (χ1n) is 10.5. The van der Waals surface area contributed by atoms with Crippen molar-refractivity contribution in [3.8, 4) is 6.01 Å². The van der Waals surface area contributed by atoms with Crippen LogP contribution in [0.5, 0.6) is 6.01 Å². The Bertz CT molecular complexity index is 826. The predicted molar refractivity (Wildman–Crippen MR) is 107 cm³/mol. The third-order valence-electron chi connectivity index (χ3n) is 5.62. The molecule has 0 amide bonds. The predicted octanol–water partition coefficient (Wildman–Crippen LogP) is 3.98. The maximum Gasteiger partial charge on any atom is 0.317 e. The number of hydrogen-bond donors (Lipinski definition) is 0. The van der Waals surface area contributed by atoms with E-state index in [0.717, 1.165) is 55.5 Å². The summed E-state index contributed by atoms with van der Waals surface area (Å²) < 4.78 is 11.1. The molecule has 5 heteroatoms. The van der Waals surface area contributed by atoms with Gasteiger partial charge in [-0.15, -0.1) is 0 Å². The van der Waals surface area contributed by atoms with E-state index in [1.165, 1.54) is 24.0 Å².